The van der Waals surface area contributed by atoms with Crippen LogP contribution in [0.2, 0.25) is 0 Å². The summed E-state index contributed by atoms with van der Waals surface area (Å²) in [5, 5.41) is 0. The van der Waals surface area contributed by atoms with Crippen molar-refractivity contribution in [3.8, 4) is 0 Å². The average Bonchev–Trinajstić information content (AvgIpc) is 2.39. The fourth-order valence-corrected chi connectivity index (χ4v) is 1.37. The summed E-state index contributed by atoms with van der Waals surface area (Å²) < 4.78 is 0. The summed E-state index contributed by atoms with van der Waals surface area (Å²) in [6.07, 6.45) is 0.659. The van der Waals surface area contributed by atoms with Crippen molar-refractivity contribution in [2.75, 3.05) is 26.7 Å². The molecule has 1 fully saturated rings. The molecule has 1 saturated heterocycles. The van der Waals surface area contributed by atoms with Crippen LogP contribution in [0.4, 0.5) is 0 Å². The number of hydrazine groups is 1. The zero-order chi connectivity index (χ0) is 11.4. The number of hydrogen-bond acceptors (Lipinski definition) is 4. The van der Waals surface area contributed by atoms with Crippen molar-refractivity contribution in [3.05, 3.63) is 0 Å². The van der Waals surface area contributed by atoms with E-state index in [1.165, 1.54) is 9.80 Å². The van der Waals surface area contributed by atoms with Crippen molar-refractivity contribution in [2.45, 2.75) is 6.42 Å². The predicted octanol–water partition coefficient (Wildman–Crippen LogP) is -2.33. The van der Waals surface area contributed by atoms with Crippen LogP contribution in [0.25, 0.3) is 0 Å². The van der Waals surface area contributed by atoms with Crippen LogP contribution in [0.15, 0.2) is 0 Å². The Morgan fingerprint density at radius 3 is 2.67 bits per heavy atom. The first-order chi connectivity index (χ1) is 7.06. The summed E-state index contributed by atoms with van der Waals surface area (Å²) in [6.45, 7) is 0.915. The van der Waals surface area contributed by atoms with Gasteiger partial charge in [0.2, 0.25) is 5.91 Å². The van der Waals surface area contributed by atoms with E-state index >= 15 is 0 Å². The van der Waals surface area contributed by atoms with Crippen LogP contribution in [0, 0.1) is 0 Å². The molecule has 7 heteroatoms. The summed E-state index contributed by atoms with van der Waals surface area (Å²) >= 11 is 0. The van der Waals surface area contributed by atoms with Gasteiger partial charge in [0.25, 0.3) is 0 Å². The summed E-state index contributed by atoms with van der Waals surface area (Å²) in [5.74, 6) is 3.00. The zero-order valence-electron chi connectivity index (χ0n) is 8.52. The van der Waals surface area contributed by atoms with Crippen LogP contribution < -0.4 is 11.3 Å². The van der Waals surface area contributed by atoms with Gasteiger partial charge < -0.3 is 9.80 Å². The molecule has 0 bridgehead atoms. The van der Waals surface area contributed by atoms with E-state index in [-0.39, 0.29) is 12.5 Å². The molecule has 15 heavy (non-hydrogen) atoms. The number of carbonyl (C=O) groups excluding carboxylic acids is 3. The van der Waals surface area contributed by atoms with E-state index in [9.17, 15) is 14.4 Å². The monoisotopic (exact) mass is 214 g/mol. The van der Waals surface area contributed by atoms with Crippen molar-refractivity contribution in [1.29, 1.82) is 0 Å². The molecule has 7 nitrogen and oxygen atoms in total. The van der Waals surface area contributed by atoms with E-state index in [1.54, 1.807) is 12.5 Å². The maximum atomic E-state index is 11.4. The number of carbonyl (C=O) groups is 3. The number of nitrogens with zero attached hydrogens (tertiary/aromatic N) is 2. The van der Waals surface area contributed by atoms with Gasteiger partial charge in [-0.2, -0.15) is 0 Å². The van der Waals surface area contributed by atoms with E-state index < -0.39 is 11.8 Å². The molecule has 0 radical (unpaired) electrons. The molecule has 84 valence electrons. The summed E-state index contributed by atoms with van der Waals surface area (Å²) in [7, 11) is 1.67. The molecule has 0 aromatic carbocycles. The van der Waals surface area contributed by atoms with E-state index in [0.29, 0.717) is 19.5 Å². The minimum absolute atomic E-state index is 0.0667. The maximum absolute atomic E-state index is 11.4. The van der Waals surface area contributed by atoms with Crippen LogP contribution in [-0.2, 0) is 14.4 Å². The van der Waals surface area contributed by atoms with Crippen LogP contribution in [0.1, 0.15) is 6.42 Å². The highest BCUT2D eigenvalue weighted by Gasteiger charge is 2.26. The third kappa shape index (κ3) is 2.66. The van der Waals surface area contributed by atoms with Crippen molar-refractivity contribution < 1.29 is 14.4 Å². The Balaban J connectivity index is 2.66. The molecule has 3 N–H and O–H groups in total. The molecular formula is C8H14N4O3. The van der Waals surface area contributed by atoms with Gasteiger partial charge in [0.1, 0.15) is 6.54 Å². The highest BCUT2D eigenvalue weighted by molar-refractivity contribution is 6.35. The first-order valence-corrected chi connectivity index (χ1v) is 4.60. The second-order valence-electron chi connectivity index (χ2n) is 3.37. The van der Waals surface area contributed by atoms with Crippen molar-refractivity contribution in [3.63, 3.8) is 0 Å². The maximum Gasteiger partial charge on any atom is 0.323 e. The van der Waals surface area contributed by atoms with Crippen molar-refractivity contribution in [1.82, 2.24) is 15.2 Å². The molecule has 0 aliphatic carbocycles. The number of nitrogens with one attached hydrogen (secondary N) is 1. The molecule has 1 rings (SSSR count). The van der Waals surface area contributed by atoms with E-state index in [1.807, 2.05) is 0 Å². The van der Waals surface area contributed by atoms with Gasteiger partial charge in [-0.15, -0.1) is 0 Å². The lowest BCUT2D eigenvalue weighted by atomic mass is 10.3. The predicted molar refractivity (Wildman–Crippen MR) is 51.2 cm³/mol. The fraction of sp³-hybridized carbons (Fsp3) is 0.625. The summed E-state index contributed by atoms with van der Waals surface area (Å²) in [6, 6.07) is 0. The van der Waals surface area contributed by atoms with Crippen LogP contribution in [-0.4, -0.2) is 54.2 Å². The molecule has 1 heterocycles. The Bertz CT molecular complexity index is 292. The van der Waals surface area contributed by atoms with E-state index in [0.717, 1.165) is 0 Å². The van der Waals surface area contributed by atoms with Gasteiger partial charge in [0.15, 0.2) is 0 Å². The Kier molecular flexibility index (Phi) is 3.62. The second-order valence-corrected chi connectivity index (χ2v) is 3.37. The van der Waals surface area contributed by atoms with Crippen LogP contribution in [0.5, 0.6) is 0 Å². The summed E-state index contributed by atoms with van der Waals surface area (Å²) in [5.41, 5.74) is 1.75. The van der Waals surface area contributed by atoms with Gasteiger partial charge in [0.05, 0.1) is 0 Å². The molecular weight excluding hydrogens is 200 g/mol. The smallest absolute Gasteiger partial charge is 0.323 e. The minimum atomic E-state index is -0.896. The largest absolute Gasteiger partial charge is 0.344 e. The molecule has 0 saturated carbocycles. The van der Waals surface area contributed by atoms with Gasteiger partial charge in [0, 0.05) is 20.1 Å². The Labute approximate surface area is 87.2 Å². The first kappa shape index (κ1) is 11.4. The number of amides is 3. The Hall–Kier alpha value is -1.63. The second kappa shape index (κ2) is 4.74. The quantitative estimate of drug-likeness (QED) is 0.204. The van der Waals surface area contributed by atoms with Gasteiger partial charge in [-0.1, -0.05) is 0 Å². The third-order valence-electron chi connectivity index (χ3n) is 2.29. The van der Waals surface area contributed by atoms with Gasteiger partial charge in [-0.05, 0) is 6.42 Å². The fourth-order valence-electron chi connectivity index (χ4n) is 1.37. The molecule has 0 unspecified atom stereocenters. The molecule has 1 aliphatic rings. The highest BCUT2D eigenvalue weighted by atomic mass is 16.2. The lowest BCUT2D eigenvalue weighted by Crippen LogP contribution is -2.47. The average molecular weight is 214 g/mol. The van der Waals surface area contributed by atoms with Gasteiger partial charge in [-0.3, -0.25) is 19.8 Å². The van der Waals surface area contributed by atoms with Crippen molar-refractivity contribution >= 4 is 17.7 Å². The van der Waals surface area contributed by atoms with Crippen LogP contribution in [0.3, 0.4) is 0 Å². The molecule has 3 amide bonds. The topological polar surface area (TPSA) is 95.7 Å². The van der Waals surface area contributed by atoms with E-state index in [2.05, 4.69) is 0 Å². The van der Waals surface area contributed by atoms with Crippen LogP contribution >= 0.6 is 0 Å². The molecule has 0 aromatic rings. The SMILES string of the molecule is CN1CCCN(C(=O)C(=O)NN)CC1=O. The molecule has 0 spiro atoms. The number of likely N-dealkylation sites (N-methyl/N-ethyl adjacent to an activating group) is 1. The number of hydrogen-bond donors (Lipinski definition) is 2. The standard InChI is InChI=1S/C8H14N4O3/c1-11-3-2-4-12(5-6(11)13)8(15)7(14)10-9/h2-5,9H2,1H3,(H,10,14). The number of rotatable bonds is 0. The first-order valence-electron chi connectivity index (χ1n) is 4.60. The molecule has 0 atom stereocenters. The molecule has 0 aromatic heterocycles. The van der Waals surface area contributed by atoms with Gasteiger partial charge in [-0.25, -0.2) is 5.84 Å². The summed E-state index contributed by atoms with van der Waals surface area (Å²) in [4.78, 5) is 36.5. The Morgan fingerprint density at radius 2 is 2.07 bits per heavy atom. The van der Waals surface area contributed by atoms with E-state index in [4.69, 9.17) is 5.84 Å². The zero-order valence-corrected chi connectivity index (χ0v) is 8.52. The Morgan fingerprint density at radius 1 is 1.40 bits per heavy atom. The third-order valence-corrected chi connectivity index (χ3v) is 2.29. The lowest BCUT2D eigenvalue weighted by Gasteiger charge is -2.18. The lowest BCUT2D eigenvalue weighted by molar-refractivity contribution is -0.147. The molecule has 1 aliphatic heterocycles. The highest BCUT2D eigenvalue weighted by Crippen LogP contribution is 2.02. The number of nitrogens with two attached hydrogens (primary N) is 1. The minimum Gasteiger partial charge on any atom is -0.344 e. The van der Waals surface area contributed by atoms with Gasteiger partial charge >= 0.3 is 11.8 Å². The van der Waals surface area contributed by atoms with Crippen molar-refractivity contribution in [2.24, 2.45) is 5.84 Å². The normalized spacial score (nSPS) is 17.3.